The smallest absolute Gasteiger partial charge is 0.475 e. The van der Waals surface area contributed by atoms with Gasteiger partial charge in [-0.15, -0.1) is 0 Å². The minimum atomic E-state index is -3.77. The van der Waals surface area contributed by atoms with E-state index in [9.17, 15) is 13.2 Å². The molecule has 0 saturated carbocycles. The van der Waals surface area contributed by atoms with E-state index in [-0.39, 0.29) is 23.1 Å². The molecule has 0 spiro atoms. The van der Waals surface area contributed by atoms with Crippen LogP contribution >= 0.6 is 0 Å². The molecule has 0 bridgehead atoms. The number of nitrogens with zero attached hydrogens (tertiary/aromatic N) is 3. The molecule has 1 aliphatic heterocycles. The lowest BCUT2D eigenvalue weighted by molar-refractivity contribution is 0.141. The van der Waals surface area contributed by atoms with E-state index >= 15 is 0 Å². The first kappa shape index (κ1) is 18.4. The van der Waals surface area contributed by atoms with Gasteiger partial charge in [-0.1, -0.05) is 6.92 Å². The largest absolute Gasteiger partial charge is 0.511 e. The monoisotopic (exact) mass is 359 g/mol. The van der Waals surface area contributed by atoms with Crippen LogP contribution in [0.3, 0.4) is 0 Å². The summed E-state index contributed by atoms with van der Waals surface area (Å²) in [5.41, 5.74) is 0. The lowest BCUT2D eigenvalue weighted by Crippen LogP contribution is -2.48. The van der Waals surface area contributed by atoms with Crippen molar-refractivity contribution >= 4 is 16.2 Å². The number of ether oxygens (including phenoxy) is 2. The molecule has 9 nitrogen and oxygen atoms in total. The van der Waals surface area contributed by atoms with Crippen LogP contribution in [0.5, 0.6) is 11.6 Å². The summed E-state index contributed by atoms with van der Waals surface area (Å²) in [6.45, 7) is 6.89. The van der Waals surface area contributed by atoms with Crippen LogP contribution in [-0.2, 0) is 10.0 Å². The van der Waals surface area contributed by atoms with E-state index in [1.54, 1.807) is 6.92 Å². The molecule has 0 amide bonds. The van der Waals surface area contributed by atoms with Crippen LogP contribution in [0, 0.1) is 0 Å². The van der Waals surface area contributed by atoms with Gasteiger partial charge < -0.3 is 19.5 Å². The topological polar surface area (TPSA) is 109 Å². The van der Waals surface area contributed by atoms with Crippen LogP contribution in [0.15, 0.2) is 17.2 Å². The number of aromatic nitrogens is 1. The molecule has 1 fully saturated rings. The molecular formula is C14H21N3O6S. The van der Waals surface area contributed by atoms with E-state index < -0.39 is 16.2 Å². The van der Waals surface area contributed by atoms with Crippen LogP contribution in [0.4, 0.5) is 4.79 Å². The molecule has 0 aliphatic carbocycles. The lowest BCUT2D eigenvalue weighted by atomic mass is 10.4. The number of piperazine rings is 1. The van der Waals surface area contributed by atoms with Gasteiger partial charge in [0, 0.05) is 32.2 Å². The molecule has 0 unspecified atom stereocenters. The SMILES string of the molecule is CCOc1ncc(S(=O)(=O)N2CCN(CC)CC2)cc1OC(=O)O. The molecule has 1 aromatic rings. The molecule has 0 aromatic carbocycles. The number of sulfonamides is 1. The highest BCUT2D eigenvalue weighted by molar-refractivity contribution is 7.89. The molecule has 0 radical (unpaired) electrons. The Morgan fingerprint density at radius 2 is 1.96 bits per heavy atom. The molecule has 1 N–H and O–H groups in total. The second kappa shape index (κ2) is 7.77. The van der Waals surface area contributed by atoms with Crippen molar-refractivity contribution in [1.29, 1.82) is 0 Å². The summed E-state index contributed by atoms with van der Waals surface area (Å²) in [5.74, 6) is -0.299. The zero-order valence-electron chi connectivity index (χ0n) is 13.6. The maximum Gasteiger partial charge on any atom is 0.511 e. The molecule has 2 rings (SSSR count). The van der Waals surface area contributed by atoms with E-state index in [1.807, 2.05) is 6.92 Å². The van der Waals surface area contributed by atoms with Crippen LogP contribution in [0.2, 0.25) is 0 Å². The Bertz CT molecular complexity index is 686. The number of hydrogen-bond donors (Lipinski definition) is 1. The van der Waals surface area contributed by atoms with Crippen LogP contribution < -0.4 is 9.47 Å². The maximum absolute atomic E-state index is 12.7. The van der Waals surface area contributed by atoms with Gasteiger partial charge in [-0.2, -0.15) is 4.31 Å². The quantitative estimate of drug-likeness (QED) is 0.745. The van der Waals surface area contributed by atoms with Crippen LogP contribution in [0.25, 0.3) is 0 Å². The minimum absolute atomic E-state index is 0.0605. The standard InChI is InChI=1S/C14H21N3O6S/c1-3-16-5-7-17(8-6-16)24(20,21)11-9-12(23-14(18)19)13(15-10-11)22-4-2/h9-10H,3-8H2,1-2H3,(H,18,19). The predicted molar refractivity (Wildman–Crippen MR) is 84.9 cm³/mol. The number of hydrogen-bond acceptors (Lipinski definition) is 7. The zero-order valence-corrected chi connectivity index (χ0v) is 14.5. The first-order valence-corrected chi connectivity index (χ1v) is 9.08. The summed E-state index contributed by atoms with van der Waals surface area (Å²) < 4.78 is 36.5. The Morgan fingerprint density at radius 3 is 2.50 bits per heavy atom. The number of pyridine rings is 1. The summed E-state index contributed by atoms with van der Waals surface area (Å²) in [7, 11) is -3.77. The van der Waals surface area contributed by atoms with Gasteiger partial charge in [0.25, 0.3) is 5.88 Å². The van der Waals surface area contributed by atoms with Crippen molar-refractivity contribution in [1.82, 2.24) is 14.2 Å². The van der Waals surface area contributed by atoms with Crippen molar-refractivity contribution in [2.45, 2.75) is 18.7 Å². The van der Waals surface area contributed by atoms with Crippen molar-refractivity contribution in [2.24, 2.45) is 0 Å². The van der Waals surface area contributed by atoms with Gasteiger partial charge in [0.2, 0.25) is 10.0 Å². The van der Waals surface area contributed by atoms with Gasteiger partial charge in [-0.3, -0.25) is 0 Å². The minimum Gasteiger partial charge on any atom is -0.475 e. The predicted octanol–water partition coefficient (Wildman–Crippen LogP) is 0.863. The highest BCUT2D eigenvalue weighted by atomic mass is 32.2. The summed E-state index contributed by atoms with van der Waals surface area (Å²) in [5, 5.41) is 8.79. The van der Waals surface area contributed by atoms with Crippen molar-refractivity contribution < 1.29 is 27.8 Å². The second-order valence-electron chi connectivity index (χ2n) is 5.11. The Kier molecular flexibility index (Phi) is 5.97. The Balaban J connectivity index is 2.28. The van der Waals surface area contributed by atoms with Crippen molar-refractivity contribution in [3.05, 3.63) is 12.3 Å². The average Bonchev–Trinajstić information content (AvgIpc) is 2.56. The fourth-order valence-electron chi connectivity index (χ4n) is 2.40. The third-order valence-corrected chi connectivity index (χ3v) is 5.55. The molecule has 2 heterocycles. The van der Waals surface area contributed by atoms with Gasteiger partial charge in [-0.05, 0) is 13.5 Å². The maximum atomic E-state index is 12.7. The van der Waals surface area contributed by atoms with Gasteiger partial charge in [0.05, 0.1) is 12.8 Å². The second-order valence-corrected chi connectivity index (χ2v) is 7.05. The van der Waals surface area contributed by atoms with Crippen LogP contribution in [-0.4, -0.2) is 73.2 Å². The third-order valence-electron chi connectivity index (χ3n) is 3.69. The highest BCUT2D eigenvalue weighted by Gasteiger charge is 2.29. The van der Waals surface area contributed by atoms with Crippen LogP contribution in [0.1, 0.15) is 13.8 Å². The average molecular weight is 359 g/mol. The Hall–Kier alpha value is -1.91. The molecule has 134 valence electrons. The van der Waals surface area contributed by atoms with E-state index in [4.69, 9.17) is 9.84 Å². The first-order valence-electron chi connectivity index (χ1n) is 7.64. The van der Waals surface area contributed by atoms with E-state index in [0.717, 1.165) is 18.8 Å². The van der Waals surface area contributed by atoms with Crippen molar-refractivity contribution in [3.8, 4) is 11.6 Å². The number of carbonyl (C=O) groups is 1. The normalized spacial score (nSPS) is 16.8. The van der Waals surface area contributed by atoms with Crippen molar-refractivity contribution in [3.63, 3.8) is 0 Å². The van der Waals surface area contributed by atoms with E-state index in [1.165, 1.54) is 4.31 Å². The molecule has 24 heavy (non-hydrogen) atoms. The van der Waals surface area contributed by atoms with E-state index in [0.29, 0.717) is 26.2 Å². The molecular weight excluding hydrogens is 338 g/mol. The number of carboxylic acid groups (broad SMARTS) is 1. The lowest BCUT2D eigenvalue weighted by Gasteiger charge is -2.33. The summed E-state index contributed by atoms with van der Waals surface area (Å²) in [6.07, 6.45) is -0.412. The summed E-state index contributed by atoms with van der Waals surface area (Å²) in [4.78, 5) is 16.7. The molecule has 10 heteroatoms. The molecule has 1 saturated heterocycles. The third kappa shape index (κ3) is 4.13. The molecule has 0 atom stereocenters. The zero-order chi connectivity index (χ0) is 17.7. The Morgan fingerprint density at radius 1 is 1.29 bits per heavy atom. The fraction of sp³-hybridized carbons (Fsp3) is 0.571. The summed E-state index contributed by atoms with van der Waals surface area (Å²) >= 11 is 0. The fourth-order valence-corrected chi connectivity index (χ4v) is 3.79. The number of rotatable bonds is 6. The molecule has 1 aliphatic rings. The molecule has 1 aromatic heterocycles. The van der Waals surface area contributed by atoms with Gasteiger partial charge >= 0.3 is 6.16 Å². The van der Waals surface area contributed by atoms with E-state index in [2.05, 4.69) is 14.6 Å². The van der Waals surface area contributed by atoms with Gasteiger partial charge in [0.15, 0.2) is 5.75 Å². The van der Waals surface area contributed by atoms with Gasteiger partial charge in [0.1, 0.15) is 4.90 Å². The van der Waals surface area contributed by atoms with Gasteiger partial charge in [-0.25, -0.2) is 18.2 Å². The highest BCUT2D eigenvalue weighted by Crippen LogP contribution is 2.29. The Labute approximate surface area is 140 Å². The van der Waals surface area contributed by atoms with Crippen molar-refractivity contribution in [2.75, 3.05) is 39.3 Å². The number of likely N-dealkylation sites (N-methyl/N-ethyl adjacent to an activating group) is 1. The first-order chi connectivity index (χ1) is 11.4. The summed E-state index contributed by atoms with van der Waals surface area (Å²) in [6, 6.07) is 1.13.